The zero-order chi connectivity index (χ0) is 22.1. The van der Waals surface area contributed by atoms with E-state index in [0.717, 1.165) is 49.1 Å². The highest BCUT2D eigenvalue weighted by Crippen LogP contribution is 2.17. The summed E-state index contributed by atoms with van der Waals surface area (Å²) in [5, 5.41) is 6.73. The zero-order valence-electron chi connectivity index (χ0n) is 18.7. The molecule has 0 aromatic heterocycles. The quantitative estimate of drug-likeness (QED) is 0.479. The van der Waals surface area contributed by atoms with Gasteiger partial charge in [-0.3, -0.25) is 9.89 Å². The van der Waals surface area contributed by atoms with Gasteiger partial charge in [0.05, 0.1) is 12.7 Å². The molecule has 0 aliphatic carbocycles. The number of guanidine groups is 1. The molecular formula is C24H33FN4OS. The molecule has 0 amide bonds. The number of hydrogen-bond donors (Lipinski definition) is 2. The van der Waals surface area contributed by atoms with Crippen LogP contribution in [0.15, 0.2) is 47.5 Å². The average molecular weight is 445 g/mol. The van der Waals surface area contributed by atoms with E-state index < -0.39 is 0 Å². The van der Waals surface area contributed by atoms with Crippen molar-refractivity contribution in [2.75, 3.05) is 33.0 Å². The van der Waals surface area contributed by atoms with Gasteiger partial charge in [-0.2, -0.15) is 11.8 Å². The molecular weight excluding hydrogens is 411 g/mol. The molecule has 2 aromatic rings. The lowest BCUT2D eigenvalue weighted by Gasteiger charge is -2.31. The van der Waals surface area contributed by atoms with Gasteiger partial charge >= 0.3 is 0 Å². The molecule has 2 aromatic carbocycles. The number of aliphatic imine (C=N–C) groups is 1. The van der Waals surface area contributed by atoms with Crippen molar-refractivity contribution in [1.82, 2.24) is 15.5 Å². The van der Waals surface area contributed by atoms with Gasteiger partial charge in [0.1, 0.15) is 5.82 Å². The fourth-order valence-electron chi connectivity index (χ4n) is 3.77. The fraction of sp³-hybridized carbons (Fsp3) is 0.458. The van der Waals surface area contributed by atoms with Crippen LogP contribution in [0.1, 0.15) is 29.2 Å². The Morgan fingerprint density at radius 1 is 1.16 bits per heavy atom. The molecule has 3 rings (SSSR count). The summed E-state index contributed by atoms with van der Waals surface area (Å²) in [5.74, 6) is 1.32. The van der Waals surface area contributed by atoms with E-state index in [1.54, 1.807) is 24.9 Å². The Hall–Kier alpha value is -2.09. The van der Waals surface area contributed by atoms with Gasteiger partial charge < -0.3 is 15.4 Å². The van der Waals surface area contributed by atoms with E-state index in [2.05, 4.69) is 51.7 Å². The van der Waals surface area contributed by atoms with Gasteiger partial charge in [-0.15, -0.1) is 0 Å². The highest BCUT2D eigenvalue weighted by molar-refractivity contribution is 7.97. The number of ether oxygens (including phenoxy) is 1. The van der Waals surface area contributed by atoms with E-state index in [1.807, 2.05) is 12.3 Å². The maximum Gasteiger partial charge on any atom is 0.191 e. The largest absolute Gasteiger partial charge is 0.376 e. The van der Waals surface area contributed by atoms with Crippen molar-refractivity contribution in [3.8, 4) is 0 Å². The third kappa shape index (κ3) is 7.52. The van der Waals surface area contributed by atoms with Crippen molar-refractivity contribution >= 4 is 17.7 Å². The molecule has 1 unspecified atom stereocenters. The van der Waals surface area contributed by atoms with Crippen LogP contribution >= 0.6 is 11.8 Å². The van der Waals surface area contributed by atoms with Crippen LogP contribution in [-0.2, 0) is 30.1 Å². The summed E-state index contributed by atoms with van der Waals surface area (Å²) in [7, 11) is 1.76. The molecule has 31 heavy (non-hydrogen) atoms. The van der Waals surface area contributed by atoms with Crippen LogP contribution in [0.3, 0.4) is 0 Å². The van der Waals surface area contributed by atoms with Gasteiger partial charge in [0.2, 0.25) is 0 Å². The van der Waals surface area contributed by atoms with E-state index in [4.69, 9.17) is 4.74 Å². The highest BCUT2D eigenvalue weighted by atomic mass is 32.2. The molecule has 7 heteroatoms. The summed E-state index contributed by atoms with van der Waals surface area (Å²) in [5.41, 5.74) is 4.62. The molecule has 5 nitrogen and oxygen atoms in total. The summed E-state index contributed by atoms with van der Waals surface area (Å²) >= 11 is 1.69. The Morgan fingerprint density at radius 3 is 2.74 bits per heavy atom. The fourth-order valence-corrected chi connectivity index (χ4v) is 4.35. The van der Waals surface area contributed by atoms with Crippen molar-refractivity contribution < 1.29 is 9.13 Å². The molecule has 1 atom stereocenters. The first-order valence-electron chi connectivity index (χ1n) is 10.7. The maximum absolute atomic E-state index is 13.6. The summed E-state index contributed by atoms with van der Waals surface area (Å²) in [6, 6.07) is 13.6. The Labute approximate surface area is 189 Å². The average Bonchev–Trinajstić information content (AvgIpc) is 2.75. The van der Waals surface area contributed by atoms with Gasteiger partial charge in [-0.05, 0) is 47.6 Å². The summed E-state index contributed by atoms with van der Waals surface area (Å²) in [4.78, 5) is 6.77. The Morgan fingerprint density at radius 2 is 1.97 bits per heavy atom. The summed E-state index contributed by atoms with van der Waals surface area (Å²) in [6.45, 7) is 7.11. The number of morpholine rings is 1. The third-order valence-corrected chi connectivity index (χ3v) is 5.92. The number of nitrogens with one attached hydrogen (secondary N) is 2. The van der Waals surface area contributed by atoms with E-state index >= 15 is 0 Å². The molecule has 1 saturated heterocycles. The minimum Gasteiger partial charge on any atom is -0.376 e. The Bertz CT molecular complexity index is 876. The van der Waals surface area contributed by atoms with Crippen LogP contribution in [0, 0.1) is 5.82 Å². The smallest absolute Gasteiger partial charge is 0.191 e. The predicted molar refractivity (Wildman–Crippen MR) is 128 cm³/mol. The van der Waals surface area contributed by atoms with Crippen molar-refractivity contribution in [2.24, 2.45) is 4.99 Å². The van der Waals surface area contributed by atoms with Crippen LogP contribution in [0.2, 0.25) is 0 Å². The number of rotatable bonds is 8. The Balaban J connectivity index is 1.53. The minimum atomic E-state index is -0.193. The zero-order valence-corrected chi connectivity index (χ0v) is 19.5. The van der Waals surface area contributed by atoms with E-state index in [-0.39, 0.29) is 5.82 Å². The molecule has 1 fully saturated rings. The van der Waals surface area contributed by atoms with Crippen molar-refractivity contribution in [3.63, 3.8) is 0 Å². The number of benzene rings is 2. The minimum absolute atomic E-state index is 0.193. The van der Waals surface area contributed by atoms with Crippen LogP contribution in [0.25, 0.3) is 0 Å². The number of hydrogen-bond acceptors (Lipinski definition) is 4. The maximum atomic E-state index is 13.6. The standard InChI is InChI=1S/C24H33FN4OS/c1-18-15-29(9-10-30-18)16-20-6-4-5-19(11-20)13-27-24(26-2)28-14-21-7-8-23(25)12-22(21)17-31-3/h4-8,11-12,18H,9-10,13-17H2,1-3H3,(H2,26,27,28). The van der Waals surface area contributed by atoms with Crippen molar-refractivity contribution in [2.45, 2.75) is 38.4 Å². The predicted octanol–water partition coefficient (Wildman–Crippen LogP) is 3.77. The molecule has 1 heterocycles. The lowest BCUT2D eigenvalue weighted by molar-refractivity contribution is -0.0212. The van der Waals surface area contributed by atoms with E-state index in [0.29, 0.717) is 19.2 Å². The molecule has 2 N–H and O–H groups in total. The number of nitrogens with zero attached hydrogens (tertiary/aromatic N) is 2. The molecule has 0 spiro atoms. The third-order valence-electron chi connectivity index (χ3n) is 5.32. The topological polar surface area (TPSA) is 48.9 Å². The van der Waals surface area contributed by atoms with Crippen LogP contribution in [0.5, 0.6) is 0 Å². The molecule has 0 bridgehead atoms. The van der Waals surface area contributed by atoms with Crippen LogP contribution in [0.4, 0.5) is 4.39 Å². The van der Waals surface area contributed by atoms with Crippen LogP contribution in [-0.4, -0.2) is 50.0 Å². The second-order valence-corrected chi connectivity index (χ2v) is 8.73. The van der Waals surface area contributed by atoms with Crippen molar-refractivity contribution in [3.05, 3.63) is 70.5 Å². The monoisotopic (exact) mass is 444 g/mol. The van der Waals surface area contributed by atoms with Crippen molar-refractivity contribution in [1.29, 1.82) is 0 Å². The first kappa shape index (κ1) is 23.6. The second kappa shape index (κ2) is 12.1. The van der Waals surface area contributed by atoms with Gasteiger partial charge in [-0.25, -0.2) is 4.39 Å². The number of thioether (sulfide) groups is 1. The second-order valence-electron chi connectivity index (χ2n) is 7.86. The van der Waals surface area contributed by atoms with Gasteiger partial charge in [-0.1, -0.05) is 30.3 Å². The number of halogens is 1. The molecule has 0 radical (unpaired) electrons. The normalized spacial score (nSPS) is 17.5. The molecule has 0 saturated carbocycles. The van der Waals surface area contributed by atoms with Gasteiger partial charge in [0, 0.05) is 45.5 Å². The molecule has 168 valence electrons. The van der Waals surface area contributed by atoms with Gasteiger partial charge in [0.15, 0.2) is 5.96 Å². The van der Waals surface area contributed by atoms with E-state index in [9.17, 15) is 4.39 Å². The summed E-state index contributed by atoms with van der Waals surface area (Å²) in [6.07, 6.45) is 2.32. The van der Waals surface area contributed by atoms with Gasteiger partial charge in [0.25, 0.3) is 0 Å². The Kier molecular flexibility index (Phi) is 9.18. The first-order chi connectivity index (χ1) is 15.1. The molecule has 1 aliphatic heterocycles. The summed E-state index contributed by atoms with van der Waals surface area (Å²) < 4.78 is 19.2. The lowest BCUT2D eigenvalue weighted by atomic mass is 10.1. The molecule has 1 aliphatic rings. The lowest BCUT2D eigenvalue weighted by Crippen LogP contribution is -2.40. The SMILES string of the molecule is CN=C(NCc1cccc(CN2CCOC(C)C2)c1)NCc1ccc(F)cc1CSC. The highest BCUT2D eigenvalue weighted by Gasteiger charge is 2.16. The van der Waals surface area contributed by atoms with Crippen LogP contribution < -0.4 is 10.6 Å². The first-order valence-corrected chi connectivity index (χ1v) is 12.1. The van der Waals surface area contributed by atoms with E-state index in [1.165, 1.54) is 17.2 Å².